The summed E-state index contributed by atoms with van der Waals surface area (Å²) in [5.74, 6) is 0.474. The molecule has 4 rings (SSSR count). The average Bonchev–Trinajstić information content (AvgIpc) is 2.91. The molecule has 0 fully saturated rings. The minimum atomic E-state index is -0.413. The van der Waals surface area contributed by atoms with Gasteiger partial charge in [-0.2, -0.15) is 4.57 Å². The van der Waals surface area contributed by atoms with Crippen LogP contribution in [0.1, 0.15) is 22.8 Å². The molecule has 6 heteroatoms. The fraction of sp³-hybridized carbons (Fsp3) is 0.138. The number of aromatic nitrogens is 1. The molecule has 0 aliphatic heterocycles. The molecule has 0 spiro atoms. The highest BCUT2D eigenvalue weighted by molar-refractivity contribution is 8.22. The average molecular weight is 501 g/mol. The van der Waals surface area contributed by atoms with Crippen LogP contribution >= 0.6 is 23.5 Å². The van der Waals surface area contributed by atoms with Crippen molar-refractivity contribution in [2.75, 3.05) is 12.4 Å². The molecule has 0 radical (unpaired) electrons. The summed E-state index contributed by atoms with van der Waals surface area (Å²) in [5.41, 5.74) is 2.24. The van der Waals surface area contributed by atoms with Crippen LogP contribution in [0.2, 0.25) is 0 Å². The van der Waals surface area contributed by atoms with E-state index in [-0.39, 0.29) is 18.1 Å². The van der Waals surface area contributed by atoms with Crippen molar-refractivity contribution in [3.8, 4) is 0 Å². The largest absolute Gasteiger partial charge is 0.458 e. The molecule has 0 amide bonds. The summed E-state index contributed by atoms with van der Waals surface area (Å²) in [5, 5.41) is 2.35. The highest BCUT2D eigenvalue weighted by Crippen LogP contribution is 2.36. The lowest BCUT2D eigenvalue weighted by Crippen LogP contribution is -2.37. The number of nitrogens with zero attached hydrogens (tertiary/aromatic N) is 1. The number of carbonyl (C=O) groups excluding carboxylic acids is 2. The first-order valence-corrected chi connectivity index (χ1v) is 13.3. The van der Waals surface area contributed by atoms with E-state index in [0.717, 1.165) is 4.24 Å². The van der Waals surface area contributed by atoms with Crippen LogP contribution in [0, 0.1) is 0 Å². The molecule has 4 aromatic rings. The van der Waals surface area contributed by atoms with Crippen LogP contribution < -0.4 is 4.57 Å². The molecular weight excluding hydrogens is 474 g/mol. The molecular formula is C29H26NO3S2+. The molecule has 0 unspecified atom stereocenters. The molecule has 0 N–H and O–H groups in total. The second-order valence-electron chi connectivity index (χ2n) is 7.64. The van der Waals surface area contributed by atoms with Gasteiger partial charge in [-0.1, -0.05) is 78.9 Å². The van der Waals surface area contributed by atoms with Crippen molar-refractivity contribution in [1.82, 2.24) is 0 Å². The SMILES string of the molecule is CCOC(=O)/C(=C(/SCC(=O)c1ccccc1)SCc1cccc2ccccc12)[n+]1ccccc1. The van der Waals surface area contributed by atoms with Crippen LogP contribution in [0.25, 0.3) is 16.5 Å². The predicted octanol–water partition coefficient (Wildman–Crippen LogP) is 6.37. The van der Waals surface area contributed by atoms with Crippen LogP contribution in [0.4, 0.5) is 0 Å². The zero-order valence-corrected chi connectivity index (χ0v) is 21.1. The lowest BCUT2D eigenvalue weighted by atomic mass is 10.1. The molecule has 0 aliphatic carbocycles. The predicted molar refractivity (Wildman–Crippen MR) is 145 cm³/mol. The maximum atomic E-state index is 13.1. The first kappa shape index (κ1) is 24.8. The van der Waals surface area contributed by atoms with Crippen LogP contribution in [-0.2, 0) is 15.3 Å². The second kappa shape index (κ2) is 12.4. The molecule has 0 aliphatic rings. The van der Waals surface area contributed by atoms with E-state index >= 15 is 0 Å². The Kier molecular flexibility index (Phi) is 8.76. The van der Waals surface area contributed by atoms with Crippen LogP contribution in [0.5, 0.6) is 0 Å². The summed E-state index contributed by atoms with van der Waals surface area (Å²) in [4.78, 5) is 26.0. The smallest absolute Gasteiger partial charge is 0.405 e. The summed E-state index contributed by atoms with van der Waals surface area (Å²) < 4.78 is 7.94. The van der Waals surface area contributed by atoms with Gasteiger partial charge in [0.1, 0.15) is 4.24 Å². The van der Waals surface area contributed by atoms with Gasteiger partial charge in [0, 0.05) is 23.4 Å². The fourth-order valence-corrected chi connectivity index (χ4v) is 5.92. The van der Waals surface area contributed by atoms with Crippen molar-refractivity contribution in [2.24, 2.45) is 0 Å². The number of ether oxygens (including phenoxy) is 1. The monoisotopic (exact) mass is 500 g/mol. The zero-order valence-electron chi connectivity index (χ0n) is 19.4. The molecule has 0 saturated carbocycles. The first-order valence-electron chi connectivity index (χ1n) is 11.4. The van der Waals surface area contributed by atoms with E-state index in [4.69, 9.17) is 4.74 Å². The molecule has 0 saturated heterocycles. The highest BCUT2D eigenvalue weighted by atomic mass is 32.2. The van der Waals surface area contributed by atoms with Gasteiger partial charge in [0.2, 0.25) is 0 Å². The van der Waals surface area contributed by atoms with Crippen molar-refractivity contribution >= 4 is 51.7 Å². The van der Waals surface area contributed by atoms with Gasteiger partial charge in [0.15, 0.2) is 18.2 Å². The summed E-state index contributed by atoms with van der Waals surface area (Å²) >= 11 is 2.93. The van der Waals surface area contributed by atoms with Gasteiger partial charge in [-0.25, -0.2) is 4.79 Å². The van der Waals surface area contributed by atoms with Gasteiger partial charge in [-0.05, 0) is 23.3 Å². The van der Waals surface area contributed by atoms with Crippen LogP contribution in [0.3, 0.4) is 0 Å². The number of carbonyl (C=O) groups is 2. The number of benzene rings is 3. The van der Waals surface area contributed by atoms with Crippen molar-refractivity contribution in [1.29, 1.82) is 0 Å². The Hall–Kier alpha value is -3.35. The maximum Gasteiger partial charge on any atom is 0.405 e. The van der Waals surface area contributed by atoms with E-state index in [2.05, 4.69) is 24.3 Å². The third kappa shape index (κ3) is 6.41. The number of rotatable bonds is 10. The Bertz CT molecular complexity index is 1330. The van der Waals surface area contributed by atoms with Gasteiger partial charge in [0.05, 0.1) is 12.4 Å². The van der Waals surface area contributed by atoms with Crippen LogP contribution in [-0.4, -0.2) is 24.1 Å². The lowest BCUT2D eigenvalue weighted by molar-refractivity contribution is -0.578. The van der Waals surface area contributed by atoms with Gasteiger partial charge < -0.3 is 4.74 Å². The van der Waals surface area contributed by atoms with E-state index in [1.807, 2.05) is 79.1 Å². The van der Waals surface area contributed by atoms with E-state index < -0.39 is 5.97 Å². The van der Waals surface area contributed by atoms with Gasteiger partial charge >= 0.3 is 11.7 Å². The lowest BCUT2D eigenvalue weighted by Gasteiger charge is -2.11. The minimum Gasteiger partial charge on any atom is -0.458 e. The Balaban J connectivity index is 1.69. The molecule has 0 bridgehead atoms. The number of pyridine rings is 1. The topological polar surface area (TPSA) is 47.3 Å². The van der Waals surface area contributed by atoms with Crippen LogP contribution in [0.15, 0.2) is 108 Å². The first-order chi connectivity index (χ1) is 17.2. The highest BCUT2D eigenvalue weighted by Gasteiger charge is 2.28. The number of fused-ring (bicyclic) bond motifs is 1. The number of esters is 1. The number of thioether (sulfide) groups is 2. The third-order valence-electron chi connectivity index (χ3n) is 5.30. The van der Waals surface area contributed by atoms with E-state index in [9.17, 15) is 9.59 Å². The maximum absolute atomic E-state index is 13.1. The van der Waals surface area contributed by atoms with Gasteiger partial charge in [-0.15, -0.1) is 23.5 Å². The van der Waals surface area contributed by atoms with E-state index in [0.29, 0.717) is 17.0 Å². The number of Topliss-reactive ketones (excluding diaryl/α,β-unsaturated/α-hetero) is 1. The molecule has 35 heavy (non-hydrogen) atoms. The standard InChI is InChI=1S/C29H26NO3S2/c1-2-33-28(32)27(30-18-9-4-10-19-30)29(35-21-26(31)23-13-5-3-6-14-23)34-20-24-16-11-15-22-12-7-8-17-25(22)24/h3-19H,2,20-21H2,1H3/q+1/b29-27-. The summed E-state index contributed by atoms with van der Waals surface area (Å²) in [6.07, 6.45) is 3.65. The molecule has 1 aromatic heterocycles. The van der Waals surface area contributed by atoms with Crippen molar-refractivity contribution in [3.63, 3.8) is 0 Å². The summed E-state index contributed by atoms with van der Waals surface area (Å²) in [6, 6.07) is 29.4. The molecule has 4 nitrogen and oxygen atoms in total. The Morgan fingerprint density at radius 2 is 1.49 bits per heavy atom. The van der Waals surface area contributed by atoms with Gasteiger partial charge in [-0.3, -0.25) is 4.79 Å². The molecule has 0 atom stereocenters. The number of hydrogen-bond acceptors (Lipinski definition) is 5. The second-order valence-corrected chi connectivity index (χ2v) is 9.87. The minimum absolute atomic E-state index is 0.0140. The fourth-order valence-electron chi connectivity index (χ4n) is 3.62. The van der Waals surface area contributed by atoms with Crippen molar-refractivity contribution in [3.05, 3.63) is 119 Å². The normalized spacial score (nSPS) is 11.7. The zero-order chi connectivity index (χ0) is 24.5. The van der Waals surface area contributed by atoms with Crippen molar-refractivity contribution in [2.45, 2.75) is 12.7 Å². The quantitative estimate of drug-likeness (QED) is 0.110. The van der Waals surface area contributed by atoms with Gasteiger partial charge in [0.25, 0.3) is 0 Å². The number of ketones is 1. The Morgan fingerprint density at radius 3 is 2.26 bits per heavy atom. The molecule has 1 heterocycles. The summed E-state index contributed by atoms with van der Waals surface area (Å²) in [6.45, 7) is 2.06. The molecule has 3 aromatic carbocycles. The van der Waals surface area contributed by atoms with E-state index in [1.54, 1.807) is 23.3 Å². The van der Waals surface area contributed by atoms with Crippen molar-refractivity contribution < 1.29 is 18.9 Å². The van der Waals surface area contributed by atoms with E-state index in [1.165, 1.54) is 28.1 Å². The Labute approximate surface area is 214 Å². The Morgan fingerprint density at radius 1 is 0.800 bits per heavy atom. The number of hydrogen-bond donors (Lipinski definition) is 0. The summed E-state index contributed by atoms with van der Waals surface area (Å²) in [7, 11) is 0. The third-order valence-corrected chi connectivity index (χ3v) is 7.78. The molecule has 176 valence electrons.